The topological polar surface area (TPSA) is 52.6 Å². The van der Waals surface area contributed by atoms with Gasteiger partial charge in [0.05, 0.1) is 24.0 Å². The molecular formula is C16H27BO4. The summed E-state index contributed by atoms with van der Waals surface area (Å²) in [7, 11) is 0. The van der Waals surface area contributed by atoms with E-state index >= 15 is 0 Å². The average molecular weight is 294 g/mol. The van der Waals surface area contributed by atoms with Crippen molar-refractivity contribution >= 4 is 18.7 Å². The summed E-state index contributed by atoms with van der Waals surface area (Å²) < 4.78 is 10.6. The Morgan fingerprint density at radius 1 is 1.05 bits per heavy atom. The lowest BCUT2D eigenvalue weighted by molar-refractivity contribution is -0.162. The van der Waals surface area contributed by atoms with E-state index in [1.54, 1.807) is 0 Å². The maximum Gasteiger partial charge on any atom is 0.309 e. The average Bonchev–Trinajstić information content (AvgIpc) is 2.79. The Hall–Kier alpha value is -1.26. The number of hydrogen-bond donors (Lipinski definition) is 0. The van der Waals surface area contributed by atoms with Crippen molar-refractivity contribution in [2.24, 2.45) is 11.8 Å². The fourth-order valence-electron chi connectivity index (χ4n) is 2.82. The van der Waals surface area contributed by atoms with Crippen LogP contribution in [0.15, 0.2) is 12.2 Å². The summed E-state index contributed by atoms with van der Waals surface area (Å²) >= 11 is 0. The summed E-state index contributed by atoms with van der Waals surface area (Å²) in [5.74, 6) is -1.26. The lowest BCUT2D eigenvalue weighted by atomic mass is 9.45. The molecule has 1 fully saturated rings. The van der Waals surface area contributed by atoms with Crippen LogP contribution in [0, 0.1) is 11.8 Å². The predicted octanol–water partition coefficient (Wildman–Crippen LogP) is 3.21. The predicted molar refractivity (Wildman–Crippen MR) is 84.4 cm³/mol. The fourth-order valence-corrected chi connectivity index (χ4v) is 2.82. The van der Waals surface area contributed by atoms with E-state index < -0.39 is 0 Å². The van der Waals surface area contributed by atoms with Crippen molar-refractivity contribution in [2.45, 2.75) is 65.8 Å². The first-order chi connectivity index (χ1) is 9.85. The van der Waals surface area contributed by atoms with Gasteiger partial charge in [-0.2, -0.15) is 0 Å². The molecule has 0 spiro atoms. The van der Waals surface area contributed by atoms with Crippen molar-refractivity contribution in [1.82, 2.24) is 0 Å². The molecule has 21 heavy (non-hydrogen) atoms. The Morgan fingerprint density at radius 3 is 1.81 bits per heavy atom. The second-order valence-electron chi connectivity index (χ2n) is 6.33. The quantitative estimate of drug-likeness (QED) is 0.429. The minimum atomic E-state index is -0.367. The second-order valence-corrected chi connectivity index (χ2v) is 6.33. The number of carbonyl (C=O) groups excluding carboxylic acids is 2. The van der Waals surface area contributed by atoms with Gasteiger partial charge >= 0.3 is 11.9 Å². The molecule has 0 amide bonds. The summed E-state index contributed by atoms with van der Waals surface area (Å²) in [5.41, 5.74) is 0. The number of ether oxygens (including phenoxy) is 2. The maximum absolute atomic E-state index is 12.2. The van der Waals surface area contributed by atoms with Crippen molar-refractivity contribution in [3.05, 3.63) is 12.2 Å². The van der Waals surface area contributed by atoms with Gasteiger partial charge in [0.25, 0.3) is 0 Å². The first-order valence-electron chi connectivity index (χ1n) is 7.87. The molecule has 1 saturated heterocycles. The van der Waals surface area contributed by atoms with Gasteiger partial charge in [-0.25, -0.2) is 0 Å². The van der Waals surface area contributed by atoms with E-state index in [-0.39, 0.29) is 36.0 Å². The van der Waals surface area contributed by atoms with Gasteiger partial charge in [0.1, 0.15) is 6.71 Å². The lowest BCUT2D eigenvalue weighted by Gasteiger charge is -2.20. The summed E-state index contributed by atoms with van der Waals surface area (Å²) in [6.07, 6.45) is 6.07. The molecule has 1 aliphatic heterocycles. The molecule has 0 aromatic rings. The Bertz CT molecular complexity index is 360. The van der Waals surface area contributed by atoms with Gasteiger partial charge in [-0.1, -0.05) is 31.1 Å². The standard InChI is InChI=1S/C16H27BO4/c1-6-7-8-17-9-13(15(18)20-11(2)3)14(10-17)16(19)21-12(4)5/h6-7,11-14H,8-10H2,1-5H3/b7-6+/t13-,14-/m1/s1. The van der Waals surface area contributed by atoms with Crippen LogP contribution in [0.4, 0.5) is 0 Å². The van der Waals surface area contributed by atoms with Gasteiger partial charge in [0.2, 0.25) is 0 Å². The van der Waals surface area contributed by atoms with Gasteiger partial charge in [-0.15, -0.1) is 0 Å². The highest BCUT2D eigenvalue weighted by Crippen LogP contribution is 2.37. The van der Waals surface area contributed by atoms with E-state index in [2.05, 4.69) is 6.08 Å². The normalized spacial score (nSPS) is 22.3. The molecule has 0 aromatic carbocycles. The summed E-state index contributed by atoms with van der Waals surface area (Å²) in [4.78, 5) is 24.5. The summed E-state index contributed by atoms with van der Waals surface area (Å²) in [5, 5.41) is 0. The number of esters is 2. The molecule has 1 rings (SSSR count). The van der Waals surface area contributed by atoms with Crippen LogP contribution in [0.1, 0.15) is 34.6 Å². The molecule has 2 atom stereocenters. The summed E-state index contributed by atoms with van der Waals surface area (Å²) in [6.45, 7) is 9.62. The third kappa shape index (κ3) is 5.56. The first-order valence-corrected chi connectivity index (χ1v) is 7.87. The molecule has 0 radical (unpaired) electrons. The molecule has 0 bridgehead atoms. The molecule has 4 nitrogen and oxygen atoms in total. The van der Waals surface area contributed by atoms with Crippen molar-refractivity contribution in [3.8, 4) is 0 Å². The van der Waals surface area contributed by atoms with Crippen LogP contribution in [0.25, 0.3) is 0 Å². The van der Waals surface area contributed by atoms with Crippen molar-refractivity contribution < 1.29 is 19.1 Å². The minimum absolute atomic E-state index is 0.158. The van der Waals surface area contributed by atoms with Crippen LogP contribution < -0.4 is 0 Å². The molecular weight excluding hydrogens is 267 g/mol. The van der Waals surface area contributed by atoms with Crippen LogP contribution in [-0.2, 0) is 19.1 Å². The van der Waals surface area contributed by atoms with E-state index in [9.17, 15) is 9.59 Å². The van der Waals surface area contributed by atoms with E-state index in [4.69, 9.17) is 9.47 Å². The van der Waals surface area contributed by atoms with E-state index in [0.29, 0.717) is 19.4 Å². The van der Waals surface area contributed by atoms with E-state index in [1.165, 1.54) is 0 Å². The van der Waals surface area contributed by atoms with Crippen LogP contribution in [-0.4, -0.2) is 30.9 Å². The third-order valence-electron chi connectivity index (χ3n) is 3.67. The minimum Gasteiger partial charge on any atom is -0.463 e. The Kier molecular flexibility index (Phi) is 6.99. The zero-order valence-corrected chi connectivity index (χ0v) is 13.8. The molecule has 0 saturated carbocycles. The SMILES string of the molecule is C/C=C/CB1C[C@@H](C(=O)OC(C)C)[C@H](C(=O)OC(C)C)C1. The highest BCUT2D eigenvalue weighted by molar-refractivity contribution is 6.61. The number of carbonyl (C=O) groups is 2. The fraction of sp³-hybridized carbons (Fsp3) is 0.750. The summed E-state index contributed by atoms with van der Waals surface area (Å²) in [6, 6.07) is 0. The number of hydrogen-bond acceptors (Lipinski definition) is 4. The Labute approximate surface area is 128 Å². The molecule has 1 aliphatic rings. The van der Waals surface area contributed by atoms with Crippen LogP contribution in [0.5, 0.6) is 0 Å². The molecule has 0 aromatic heterocycles. The lowest BCUT2D eigenvalue weighted by Crippen LogP contribution is -2.30. The van der Waals surface area contributed by atoms with Crippen LogP contribution in [0.2, 0.25) is 19.0 Å². The highest BCUT2D eigenvalue weighted by Gasteiger charge is 2.45. The second kappa shape index (κ2) is 8.25. The zero-order chi connectivity index (χ0) is 16.0. The molecule has 0 N–H and O–H groups in total. The molecule has 1 heterocycles. The van der Waals surface area contributed by atoms with Gasteiger partial charge in [-0.3, -0.25) is 9.59 Å². The van der Waals surface area contributed by atoms with Gasteiger partial charge in [-0.05, 0) is 34.6 Å². The zero-order valence-electron chi connectivity index (χ0n) is 13.8. The van der Waals surface area contributed by atoms with E-state index in [1.807, 2.05) is 40.7 Å². The maximum atomic E-state index is 12.2. The third-order valence-corrected chi connectivity index (χ3v) is 3.67. The first kappa shape index (κ1) is 17.8. The largest absolute Gasteiger partial charge is 0.463 e. The van der Waals surface area contributed by atoms with Crippen LogP contribution >= 0.6 is 0 Å². The van der Waals surface area contributed by atoms with E-state index in [0.717, 1.165) is 6.32 Å². The number of rotatable bonds is 6. The van der Waals surface area contributed by atoms with Gasteiger partial charge in [0.15, 0.2) is 0 Å². The van der Waals surface area contributed by atoms with Gasteiger partial charge < -0.3 is 9.47 Å². The van der Waals surface area contributed by atoms with Crippen LogP contribution in [0.3, 0.4) is 0 Å². The highest BCUT2D eigenvalue weighted by atomic mass is 16.6. The monoisotopic (exact) mass is 294 g/mol. The molecule has 5 heteroatoms. The van der Waals surface area contributed by atoms with Gasteiger partial charge in [0, 0.05) is 0 Å². The van der Waals surface area contributed by atoms with Crippen molar-refractivity contribution in [1.29, 1.82) is 0 Å². The molecule has 0 aliphatic carbocycles. The van der Waals surface area contributed by atoms with Crippen molar-refractivity contribution in [3.63, 3.8) is 0 Å². The number of allylic oxidation sites excluding steroid dienone is 2. The smallest absolute Gasteiger partial charge is 0.309 e. The molecule has 0 unspecified atom stereocenters. The Balaban J connectivity index is 2.78. The molecule has 118 valence electrons. The van der Waals surface area contributed by atoms with Crippen molar-refractivity contribution in [2.75, 3.05) is 0 Å². The Morgan fingerprint density at radius 2 is 1.48 bits per heavy atom.